The van der Waals surface area contributed by atoms with Gasteiger partial charge in [0.2, 0.25) is 0 Å². The summed E-state index contributed by atoms with van der Waals surface area (Å²) in [5.41, 5.74) is 6.88. The molecular weight excluding hydrogens is 342 g/mol. The lowest BCUT2D eigenvalue weighted by Crippen LogP contribution is -2.09. The summed E-state index contributed by atoms with van der Waals surface area (Å²) in [6, 6.07) is 35.8. The fourth-order valence-corrected chi connectivity index (χ4v) is 3.39. The molecule has 0 saturated heterocycles. The van der Waals surface area contributed by atoms with Crippen LogP contribution in [0.5, 0.6) is 5.75 Å². The van der Waals surface area contributed by atoms with Crippen molar-refractivity contribution >= 4 is 17.1 Å². The van der Waals surface area contributed by atoms with Gasteiger partial charge in [0.1, 0.15) is 5.75 Å². The van der Waals surface area contributed by atoms with Crippen molar-refractivity contribution in [1.29, 1.82) is 0 Å². The molecule has 2 heteroatoms. The van der Waals surface area contributed by atoms with E-state index in [4.69, 9.17) is 4.74 Å². The summed E-state index contributed by atoms with van der Waals surface area (Å²) in [5.74, 6) is 0.883. The molecule has 4 aromatic carbocycles. The van der Waals surface area contributed by atoms with Crippen LogP contribution in [0.1, 0.15) is 5.56 Å². The van der Waals surface area contributed by atoms with E-state index in [2.05, 4.69) is 90.7 Å². The van der Waals surface area contributed by atoms with Gasteiger partial charge < -0.3 is 9.64 Å². The second kappa shape index (κ2) is 8.01. The third-order valence-corrected chi connectivity index (χ3v) is 4.85. The van der Waals surface area contributed by atoms with Crippen molar-refractivity contribution in [2.75, 3.05) is 12.0 Å². The summed E-state index contributed by atoms with van der Waals surface area (Å²) in [7, 11) is 1.71. The summed E-state index contributed by atoms with van der Waals surface area (Å²) < 4.78 is 5.52. The number of hydrogen-bond acceptors (Lipinski definition) is 2. The van der Waals surface area contributed by atoms with Gasteiger partial charge in [0, 0.05) is 22.6 Å². The first-order chi connectivity index (χ1) is 13.8. The van der Waals surface area contributed by atoms with E-state index in [0.29, 0.717) is 0 Å². The molecule has 0 heterocycles. The third-order valence-electron chi connectivity index (χ3n) is 4.85. The summed E-state index contributed by atoms with van der Waals surface area (Å²) in [4.78, 5) is 2.27. The zero-order valence-corrected chi connectivity index (χ0v) is 16.2. The second-order valence-corrected chi connectivity index (χ2v) is 6.75. The molecule has 138 valence electrons. The molecule has 0 saturated carbocycles. The zero-order chi connectivity index (χ0) is 19.3. The maximum absolute atomic E-state index is 5.52. The summed E-state index contributed by atoms with van der Waals surface area (Å²) in [6.07, 6.45) is 0. The van der Waals surface area contributed by atoms with Crippen LogP contribution in [0.3, 0.4) is 0 Å². The minimum atomic E-state index is 0.883. The van der Waals surface area contributed by atoms with Crippen LogP contribution < -0.4 is 9.64 Å². The highest BCUT2D eigenvalue weighted by molar-refractivity contribution is 5.79. The molecule has 0 N–H and O–H groups in total. The molecule has 0 unspecified atom stereocenters. The van der Waals surface area contributed by atoms with E-state index in [1.54, 1.807) is 7.11 Å². The number of anilines is 3. The summed E-state index contributed by atoms with van der Waals surface area (Å²) >= 11 is 0. The maximum atomic E-state index is 5.52. The number of nitrogens with zero attached hydrogens (tertiary/aromatic N) is 1. The largest absolute Gasteiger partial charge is 0.496 e. The Labute approximate surface area is 166 Å². The molecule has 2 nitrogen and oxygen atoms in total. The standard InChI is InChI=1S/C26H23NO/c1-20-12-16-23(17-13-20)27(22-8-4-3-5-9-22)24-18-14-21(15-19-24)25-10-6-7-11-26(25)28-2/h3-19H,1-2H3. The molecule has 0 amide bonds. The van der Waals surface area contributed by atoms with E-state index in [0.717, 1.165) is 33.9 Å². The van der Waals surface area contributed by atoms with Crippen molar-refractivity contribution in [1.82, 2.24) is 0 Å². The predicted molar refractivity (Wildman–Crippen MR) is 118 cm³/mol. The van der Waals surface area contributed by atoms with Crippen molar-refractivity contribution in [2.45, 2.75) is 6.92 Å². The molecule has 0 aliphatic heterocycles. The molecular formula is C26H23NO. The Morgan fingerprint density at radius 2 is 1.11 bits per heavy atom. The Kier molecular flexibility index (Phi) is 5.11. The summed E-state index contributed by atoms with van der Waals surface area (Å²) in [5, 5.41) is 0. The van der Waals surface area contributed by atoms with Crippen LogP contribution in [0.25, 0.3) is 11.1 Å². The number of ether oxygens (including phenoxy) is 1. The van der Waals surface area contributed by atoms with Crippen LogP contribution in [-0.2, 0) is 0 Å². The van der Waals surface area contributed by atoms with Crippen molar-refractivity contribution in [2.24, 2.45) is 0 Å². The minimum Gasteiger partial charge on any atom is -0.496 e. The monoisotopic (exact) mass is 365 g/mol. The fourth-order valence-electron chi connectivity index (χ4n) is 3.39. The highest BCUT2D eigenvalue weighted by Crippen LogP contribution is 2.36. The van der Waals surface area contributed by atoms with Crippen LogP contribution in [0.15, 0.2) is 103 Å². The van der Waals surface area contributed by atoms with Crippen LogP contribution in [0.2, 0.25) is 0 Å². The maximum Gasteiger partial charge on any atom is 0.126 e. The highest BCUT2D eigenvalue weighted by Gasteiger charge is 2.12. The lowest BCUT2D eigenvalue weighted by atomic mass is 10.0. The van der Waals surface area contributed by atoms with Crippen molar-refractivity contribution in [3.63, 3.8) is 0 Å². The van der Waals surface area contributed by atoms with Gasteiger partial charge in [-0.3, -0.25) is 0 Å². The number of methoxy groups -OCH3 is 1. The molecule has 28 heavy (non-hydrogen) atoms. The molecule has 0 atom stereocenters. The third kappa shape index (κ3) is 3.63. The lowest BCUT2D eigenvalue weighted by molar-refractivity contribution is 0.416. The number of aryl methyl sites for hydroxylation is 1. The van der Waals surface area contributed by atoms with Gasteiger partial charge in [-0.1, -0.05) is 66.2 Å². The van der Waals surface area contributed by atoms with Crippen LogP contribution in [0, 0.1) is 6.92 Å². The van der Waals surface area contributed by atoms with E-state index in [1.807, 2.05) is 24.3 Å². The highest BCUT2D eigenvalue weighted by atomic mass is 16.5. The predicted octanol–water partition coefficient (Wildman–Crippen LogP) is 7.14. The van der Waals surface area contributed by atoms with Crippen molar-refractivity contribution < 1.29 is 4.74 Å². The molecule has 0 spiro atoms. The Bertz CT molecular complexity index is 1040. The molecule has 0 bridgehead atoms. The fraction of sp³-hybridized carbons (Fsp3) is 0.0769. The average molecular weight is 365 g/mol. The van der Waals surface area contributed by atoms with Crippen molar-refractivity contribution in [3.8, 4) is 16.9 Å². The van der Waals surface area contributed by atoms with Gasteiger partial charge in [0.25, 0.3) is 0 Å². The Morgan fingerprint density at radius 1 is 0.571 bits per heavy atom. The SMILES string of the molecule is COc1ccccc1-c1ccc(N(c2ccccc2)c2ccc(C)cc2)cc1. The molecule has 0 fully saturated rings. The Hall–Kier alpha value is -3.52. The van der Waals surface area contributed by atoms with Crippen LogP contribution in [-0.4, -0.2) is 7.11 Å². The Balaban J connectivity index is 1.76. The van der Waals surface area contributed by atoms with E-state index >= 15 is 0 Å². The Morgan fingerprint density at radius 3 is 1.75 bits per heavy atom. The number of para-hydroxylation sites is 2. The molecule has 0 aromatic heterocycles. The quantitative estimate of drug-likeness (QED) is 0.373. The van der Waals surface area contributed by atoms with Gasteiger partial charge in [-0.25, -0.2) is 0 Å². The topological polar surface area (TPSA) is 12.5 Å². The number of benzene rings is 4. The first-order valence-electron chi connectivity index (χ1n) is 9.41. The molecule has 0 radical (unpaired) electrons. The number of rotatable bonds is 5. The van der Waals surface area contributed by atoms with E-state index in [-0.39, 0.29) is 0 Å². The lowest BCUT2D eigenvalue weighted by Gasteiger charge is -2.25. The second-order valence-electron chi connectivity index (χ2n) is 6.75. The molecule has 4 aromatic rings. The van der Waals surface area contributed by atoms with Crippen LogP contribution in [0.4, 0.5) is 17.1 Å². The van der Waals surface area contributed by atoms with E-state index in [9.17, 15) is 0 Å². The van der Waals surface area contributed by atoms with E-state index < -0.39 is 0 Å². The van der Waals surface area contributed by atoms with Gasteiger partial charge in [0.15, 0.2) is 0 Å². The van der Waals surface area contributed by atoms with Gasteiger partial charge in [0.05, 0.1) is 7.11 Å². The smallest absolute Gasteiger partial charge is 0.126 e. The first-order valence-corrected chi connectivity index (χ1v) is 9.41. The van der Waals surface area contributed by atoms with Crippen molar-refractivity contribution in [3.05, 3.63) is 109 Å². The molecule has 4 rings (SSSR count). The summed E-state index contributed by atoms with van der Waals surface area (Å²) in [6.45, 7) is 2.11. The van der Waals surface area contributed by atoms with E-state index in [1.165, 1.54) is 5.56 Å². The molecule has 0 aliphatic rings. The van der Waals surface area contributed by atoms with Crippen LogP contribution >= 0.6 is 0 Å². The minimum absolute atomic E-state index is 0.883. The van der Waals surface area contributed by atoms with Gasteiger partial charge in [-0.2, -0.15) is 0 Å². The first kappa shape index (κ1) is 17.9. The molecule has 0 aliphatic carbocycles. The average Bonchev–Trinajstić information content (AvgIpc) is 2.76. The van der Waals surface area contributed by atoms with Gasteiger partial charge in [-0.05, 0) is 55.0 Å². The van der Waals surface area contributed by atoms with Gasteiger partial charge in [-0.15, -0.1) is 0 Å². The zero-order valence-electron chi connectivity index (χ0n) is 16.2. The van der Waals surface area contributed by atoms with Gasteiger partial charge >= 0.3 is 0 Å². The normalized spacial score (nSPS) is 10.5. The number of hydrogen-bond donors (Lipinski definition) is 0.